The Hall–Kier alpha value is -2.69. The van der Waals surface area contributed by atoms with Gasteiger partial charge in [-0.25, -0.2) is 9.97 Å². The number of rotatable bonds is 3. The number of nitrogens with one attached hydrogen (secondary N) is 1. The molecule has 0 saturated carbocycles. The molecule has 0 aliphatic rings. The fraction of sp³-hybridized carbons (Fsp3) is 0.133. The predicted molar refractivity (Wildman–Crippen MR) is 75.4 cm³/mol. The molecule has 0 saturated heterocycles. The van der Waals surface area contributed by atoms with Crippen LogP contribution in [0.3, 0.4) is 0 Å². The zero-order valence-electron chi connectivity index (χ0n) is 10.9. The van der Waals surface area contributed by atoms with E-state index in [-0.39, 0.29) is 0 Å². The van der Waals surface area contributed by atoms with Crippen LogP contribution < -0.4 is 0 Å². The summed E-state index contributed by atoms with van der Waals surface area (Å²) in [5.74, 6) is -1.33. The van der Waals surface area contributed by atoms with Crippen LogP contribution in [0.25, 0.3) is 22.2 Å². The second-order valence-corrected chi connectivity index (χ2v) is 4.61. The lowest BCUT2D eigenvalue weighted by Gasteiger charge is -2.06. The monoisotopic (exact) mass is 267 g/mol. The molecular formula is C15H13N3O2. The van der Waals surface area contributed by atoms with Crippen LogP contribution in [0.2, 0.25) is 0 Å². The number of carboxylic acid groups (broad SMARTS) is 1. The van der Waals surface area contributed by atoms with Gasteiger partial charge in [-0.3, -0.25) is 4.79 Å². The van der Waals surface area contributed by atoms with Gasteiger partial charge >= 0.3 is 5.97 Å². The Balaban J connectivity index is 2.11. The van der Waals surface area contributed by atoms with Crippen LogP contribution in [0, 0.1) is 0 Å². The first-order valence-electron chi connectivity index (χ1n) is 6.29. The van der Waals surface area contributed by atoms with E-state index in [0.717, 1.165) is 22.2 Å². The van der Waals surface area contributed by atoms with Crippen LogP contribution in [-0.2, 0) is 4.79 Å². The van der Waals surface area contributed by atoms with Crippen molar-refractivity contribution in [3.63, 3.8) is 0 Å². The first-order chi connectivity index (χ1) is 9.66. The van der Waals surface area contributed by atoms with Gasteiger partial charge in [0.15, 0.2) is 0 Å². The summed E-state index contributed by atoms with van der Waals surface area (Å²) in [7, 11) is 0. The molecule has 1 unspecified atom stereocenters. The Morgan fingerprint density at radius 1 is 1.30 bits per heavy atom. The fourth-order valence-electron chi connectivity index (χ4n) is 2.13. The number of fused-ring (bicyclic) bond motifs is 1. The molecule has 0 bridgehead atoms. The number of nitrogens with zero attached hydrogens (tertiary/aromatic N) is 2. The first-order valence-corrected chi connectivity index (χ1v) is 6.29. The number of carboxylic acids is 1. The lowest BCUT2D eigenvalue weighted by atomic mass is 10.1. The molecule has 0 fully saturated rings. The SMILES string of the molecule is CC(C(=O)O)c1nccc(-c2c[nH]c3ccccc23)n1. The van der Waals surface area contributed by atoms with Gasteiger partial charge in [0.2, 0.25) is 0 Å². The van der Waals surface area contributed by atoms with E-state index in [1.807, 2.05) is 30.5 Å². The van der Waals surface area contributed by atoms with E-state index in [0.29, 0.717) is 5.82 Å². The van der Waals surface area contributed by atoms with Crippen molar-refractivity contribution < 1.29 is 9.90 Å². The summed E-state index contributed by atoms with van der Waals surface area (Å²) in [4.78, 5) is 22.6. The number of aromatic amines is 1. The van der Waals surface area contributed by atoms with Crippen molar-refractivity contribution in [1.29, 1.82) is 0 Å². The van der Waals surface area contributed by atoms with Gasteiger partial charge in [0.25, 0.3) is 0 Å². The average Bonchev–Trinajstić information content (AvgIpc) is 2.90. The first kappa shape index (κ1) is 12.3. The van der Waals surface area contributed by atoms with Gasteiger partial charge in [-0.1, -0.05) is 18.2 Å². The molecule has 1 atom stereocenters. The number of benzene rings is 1. The van der Waals surface area contributed by atoms with Crippen LogP contribution in [0.15, 0.2) is 42.7 Å². The molecule has 3 rings (SSSR count). The Labute approximate surface area is 115 Å². The molecule has 0 spiro atoms. The molecule has 0 amide bonds. The minimum absolute atomic E-state index is 0.320. The van der Waals surface area contributed by atoms with Gasteiger partial charge < -0.3 is 10.1 Å². The van der Waals surface area contributed by atoms with Gasteiger partial charge in [0.05, 0.1) is 5.69 Å². The lowest BCUT2D eigenvalue weighted by molar-refractivity contribution is -0.138. The molecule has 2 aromatic heterocycles. The Morgan fingerprint density at radius 2 is 2.10 bits per heavy atom. The Morgan fingerprint density at radius 3 is 2.90 bits per heavy atom. The third kappa shape index (κ3) is 2.03. The number of para-hydroxylation sites is 1. The quantitative estimate of drug-likeness (QED) is 0.764. The normalized spacial score (nSPS) is 12.4. The zero-order valence-corrected chi connectivity index (χ0v) is 10.9. The van der Waals surface area contributed by atoms with E-state index in [2.05, 4.69) is 15.0 Å². The van der Waals surface area contributed by atoms with Crippen molar-refractivity contribution in [2.24, 2.45) is 0 Å². The summed E-state index contributed by atoms with van der Waals surface area (Å²) in [6.45, 7) is 1.58. The van der Waals surface area contributed by atoms with E-state index < -0.39 is 11.9 Å². The predicted octanol–water partition coefficient (Wildman–Crippen LogP) is 2.81. The molecule has 20 heavy (non-hydrogen) atoms. The fourth-order valence-corrected chi connectivity index (χ4v) is 2.13. The van der Waals surface area contributed by atoms with Crippen LogP contribution in [-0.4, -0.2) is 26.0 Å². The molecule has 5 heteroatoms. The maximum atomic E-state index is 11.0. The minimum atomic E-state index is -0.930. The van der Waals surface area contributed by atoms with E-state index in [1.165, 1.54) is 0 Å². The highest BCUT2D eigenvalue weighted by atomic mass is 16.4. The Bertz CT molecular complexity index is 779. The Kier molecular flexibility index (Phi) is 2.95. The highest BCUT2D eigenvalue weighted by Crippen LogP contribution is 2.27. The zero-order chi connectivity index (χ0) is 14.1. The summed E-state index contributed by atoms with van der Waals surface area (Å²) >= 11 is 0. The molecule has 0 radical (unpaired) electrons. The molecule has 1 aromatic carbocycles. The second-order valence-electron chi connectivity index (χ2n) is 4.61. The summed E-state index contributed by atoms with van der Waals surface area (Å²) in [5, 5.41) is 10.1. The van der Waals surface area contributed by atoms with Gasteiger partial charge in [-0.2, -0.15) is 0 Å². The highest BCUT2D eigenvalue weighted by Gasteiger charge is 2.18. The van der Waals surface area contributed by atoms with E-state index in [1.54, 1.807) is 19.2 Å². The number of hydrogen-bond acceptors (Lipinski definition) is 3. The number of H-pyrrole nitrogens is 1. The molecular weight excluding hydrogens is 254 g/mol. The molecule has 100 valence electrons. The molecule has 5 nitrogen and oxygen atoms in total. The molecule has 0 aliphatic heterocycles. The van der Waals surface area contributed by atoms with Crippen molar-refractivity contribution in [3.8, 4) is 11.3 Å². The van der Waals surface area contributed by atoms with Crippen molar-refractivity contribution in [2.45, 2.75) is 12.8 Å². The van der Waals surface area contributed by atoms with Crippen molar-refractivity contribution in [2.75, 3.05) is 0 Å². The maximum absolute atomic E-state index is 11.0. The average molecular weight is 267 g/mol. The van der Waals surface area contributed by atoms with Gasteiger partial charge in [-0.05, 0) is 19.1 Å². The van der Waals surface area contributed by atoms with Crippen molar-refractivity contribution >= 4 is 16.9 Å². The topological polar surface area (TPSA) is 78.9 Å². The largest absolute Gasteiger partial charge is 0.481 e. The molecule has 0 aliphatic carbocycles. The van der Waals surface area contributed by atoms with Gasteiger partial charge in [0.1, 0.15) is 11.7 Å². The van der Waals surface area contributed by atoms with E-state index in [4.69, 9.17) is 5.11 Å². The lowest BCUT2D eigenvalue weighted by Crippen LogP contribution is -2.11. The molecule has 2 N–H and O–H groups in total. The van der Waals surface area contributed by atoms with Crippen LogP contribution in [0.4, 0.5) is 0 Å². The van der Waals surface area contributed by atoms with Gasteiger partial charge in [-0.15, -0.1) is 0 Å². The van der Waals surface area contributed by atoms with Gasteiger partial charge in [0, 0.05) is 28.9 Å². The minimum Gasteiger partial charge on any atom is -0.481 e. The summed E-state index contributed by atoms with van der Waals surface area (Å²) in [5.41, 5.74) is 2.69. The second kappa shape index (κ2) is 4.77. The number of aliphatic carboxylic acids is 1. The standard InChI is InChI=1S/C15H13N3O2/c1-9(15(19)20)14-16-7-6-13(18-14)11-8-17-12-5-3-2-4-10(11)12/h2-9,17H,1H3,(H,19,20). The molecule has 3 aromatic rings. The maximum Gasteiger partial charge on any atom is 0.313 e. The third-order valence-electron chi connectivity index (χ3n) is 3.30. The van der Waals surface area contributed by atoms with Crippen molar-refractivity contribution in [1.82, 2.24) is 15.0 Å². The molecule has 2 heterocycles. The van der Waals surface area contributed by atoms with Crippen molar-refractivity contribution in [3.05, 3.63) is 48.5 Å². The van der Waals surface area contributed by atoms with Crippen LogP contribution in [0.5, 0.6) is 0 Å². The summed E-state index contributed by atoms with van der Waals surface area (Å²) < 4.78 is 0. The van der Waals surface area contributed by atoms with E-state index in [9.17, 15) is 4.79 Å². The number of carbonyl (C=O) groups is 1. The van der Waals surface area contributed by atoms with Crippen LogP contribution in [0.1, 0.15) is 18.7 Å². The number of hydrogen-bond donors (Lipinski definition) is 2. The number of aromatic nitrogens is 3. The van der Waals surface area contributed by atoms with E-state index >= 15 is 0 Å². The third-order valence-corrected chi connectivity index (χ3v) is 3.30. The smallest absolute Gasteiger partial charge is 0.313 e. The summed E-state index contributed by atoms with van der Waals surface area (Å²) in [6.07, 6.45) is 3.47. The highest BCUT2D eigenvalue weighted by molar-refractivity contribution is 5.94. The van der Waals surface area contributed by atoms with Crippen LogP contribution >= 0.6 is 0 Å². The summed E-state index contributed by atoms with van der Waals surface area (Å²) in [6, 6.07) is 9.69.